The number of rotatable bonds is 6. The summed E-state index contributed by atoms with van der Waals surface area (Å²) in [6, 6.07) is 5.08. The number of amides is 2. The first-order valence-electron chi connectivity index (χ1n) is 7.93. The highest BCUT2D eigenvalue weighted by molar-refractivity contribution is 5.96. The van der Waals surface area contributed by atoms with Gasteiger partial charge < -0.3 is 15.4 Å². The SMILES string of the molecule is COC(=O)c1cccc(NC(=O)CCCNC(=O)C(C)(C)C)c1C. The molecule has 0 spiro atoms. The topological polar surface area (TPSA) is 84.5 Å². The lowest BCUT2D eigenvalue weighted by molar-refractivity contribution is -0.128. The fourth-order valence-corrected chi connectivity index (χ4v) is 2.03. The number of ether oxygens (including phenoxy) is 1. The molecular weight excluding hydrogens is 308 g/mol. The summed E-state index contributed by atoms with van der Waals surface area (Å²) in [6.07, 6.45) is 0.829. The molecule has 0 aromatic heterocycles. The van der Waals surface area contributed by atoms with Crippen LogP contribution in [0.3, 0.4) is 0 Å². The molecule has 0 aliphatic heterocycles. The van der Waals surface area contributed by atoms with Crippen LogP contribution in [0.1, 0.15) is 49.5 Å². The van der Waals surface area contributed by atoms with Gasteiger partial charge in [0.2, 0.25) is 11.8 Å². The Balaban J connectivity index is 2.52. The molecule has 0 fully saturated rings. The molecule has 0 unspecified atom stereocenters. The molecule has 0 aliphatic rings. The quantitative estimate of drug-likeness (QED) is 0.619. The summed E-state index contributed by atoms with van der Waals surface area (Å²) in [4.78, 5) is 35.4. The van der Waals surface area contributed by atoms with Crippen molar-refractivity contribution in [1.82, 2.24) is 5.32 Å². The van der Waals surface area contributed by atoms with Gasteiger partial charge in [-0.1, -0.05) is 26.8 Å². The van der Waals surface area contributed by atoms with Crippen molar-refractivity contribution in [2.75, 3.05) is 19.0 Å². The van der Waals surface area contributed by atoms with Gasteiger partial charge in [0.05, 0.1) is 12.7 Å². The standard InChI is InChI=1S/C18H26N2O4/c1-12-13(16(22)24-5)8-6-9-14(12)20-15(21)10-7-11-19-17(23)18(2,3)4/h6,8-9H,7,10-11H2,1-5H3,(H,19,23)(H,20,21). The average Bonchev–Trinajstić information content (AvgIpc) is 2.51. The summed E-state index contributed by atoms with van der Waals surface area (Å²) in [5.74, 6) is -0.636. The second-order valence-electron chi connectivity index (χ2n) is 6.63. The van der Waals surface area contributed by atoms with E-state index in [1.807, 2.05) is 20.8 Å². The van der Waals surface area contributed by atoms with Gasteiger partial charge in [0.15, 0.2) is 0 Å². The van der Waals surface area contributed by atoms with E-state index in [2.05, 4.69) is 10.6 Å². The smallest absolute Gasteiger partial charge is 0.338 e. The van der Waals surface area contributed by atoms with Crippen molar-refractivity contribution in [3.8, 4) is 0 Å². The highest BCUT2D eigenvalue weighted by Crippen LogP contribution is 2.20. The van der Waals surface area contributed by atoms with Gasteiger partial charge in [0, 0.05) is 24.1 Å². The second-order valence-corrected chi connectivity index (χ2v) is 6.63. The number of nitrogens with one attached hydrogen (secondary N) is 2. The average molecular weight is 334 g/mol. The predicted molar refractivity (Wildman–Crippen MR) is 92.8 cm³/mol. The molecule has 2 amide bonds. The van der Waals surface area contributed by atoms with Crippen LogP contribution in [-0.4, -0.2) is 31.4 Å². The maximum absolute atomic E-state index is 12.0. The lowest BCUT2D eigenvalue weighted by atomic mass is 9.96. The van der Waals surface area contributed by atoms with E-state index in [9.17, 15) is 14.4 Å². The molecule has 2 N–H and O–H groups in total. The zero-order chi connectivity index (χ0) is 18.3. The van der Waals surface area contributed by atoms with E-state index < -0.39 is 11.4 Å². The highest BCUT2D eigenvalue weighted by Gasteiger charge is 2.20. The highest BCUT2D eigenvalue weighted by atomic mass is 16.5. The first-order valence-corrected chi connectivity index (χ1v) is 7.93. The Morgan fingerprint density at radius 1 is 1.17 bits per heavy atom. The van der Waals surface area contributed by atoms with Crippen molar-refractivity contribution in [3.63, 3.8) is 0 Å². The summed E-state index contributed by atoms with van der Waals surface area (Å²) < 4.78 is 4.71. The number of esters is 1. The van der Waals surface area contributed by atoms with Crippen LogP contribution in [0.15, 0.2) is 18.2 Å². The Hall–Kier alpha value is -2.37. The van der Waals surface area contributed by atoms with E-state index in [0.29, 0.717) is 29.8 Å². The van der Waals surface area contributed by atoms with Gasteiger partial charge in [0.25, 0.3) is 0 Å². The van der Waals surface area contributed by atoms with Gasteiger partial charge in [-0.15, -0.1) is 0 Å². The van der Waals surface area contributed by atoms with E-state index in [-0.39, 0.29) is 18.2 Å². The van der Waals surface area contributed by atoms with E-state index in [1.54, 1.807) is 25.1 Å². The minimum absolute atomic E-state index is 0.0375. The van der Waals surface area contributed by atoms with E-state index in [1.165, 1.54) is 7.11 Å². The molecule has 6 nitrogen and oxygen atoms in total. The van der Waals surface area contributed by atoms with Gasteiger partial charge in [-0.05, 0) is 31.0 Å². The van der Waals surface area contributed by atoms with Crippen molar-refractivity contribution in [2.24, 2.45) is 5.41 Å². The Labute approximate surface area is 143 Å². The third-order valence-corrected chi connectivity index (χ3v) is 3.56. The van der Waals surface area contributed by atoms with Gasteiger partial charge in [0.1, 0.15) is 0 Å². The van der Waals surface area contributed by atoms with Crippen molar-refractivity contribution in [2.45, 2.75) is 40.5 Å². The second kappa shape index (κ2) is 8.47. The molecule has 24 heavy (non-hydrogen) atoms. The molecule has 1 aromatic carbocycles. The first-order chi connectivity index (χ1) is 11.2. The van der Waals surface area contributed by atoms with Crippen molar-refractivity contribution < 1.29 is 19.1 Å². The van der Waals surface area contributed by atoms with Crippen molar-refractivity contribution in [1.29, 1.82) is 0 Å². The number of hydrogen-bond acceptors (Lipinski definition) is 4. The molecule has 1 aromatic rings. The summed E-state index contributed by atoms with van der Waals surface area (Å²) in [6.45, 7) is 7.72. The predicted octanol–water partition coefficient (Wildman–Crippen LogP) is 2.66. The number of methoxy groups -OCH3 is 1. The van der Waals surface area contributed by atoms with Gasteiger partial charge in [-0.25, -0.2) is 4.79 Å². The third-order valence-electron chi connectivity index (χ3n) is 3.56. The first kappa shape index (κ1) is 19.7. The molecule has 6 heteroatoms. The molecule has 1 rings (SSSR count). The number of carbonyl (C=O) groups excluding carboxylic acids is 3. The number of carbonyl (C=O) groups is 3. The minimum atomic E-state index is -0.437. The number of hydrogen-bond donors (Lipinski definition) is 2. The normalized spacial score (nSPS) is 10.9. The Morgan fingerprint density at radius 2 is 1.83 bits per heavy atom. The van der Waals surface area contributed by atoms with Crippen LogP contribution in [-0.2, 0) is 14.3 Å². The van der Waals surface area contributed by atoms with Crippen molar-refractivity contribution >= 4 is 23.5 Å². The minimum Gasteiger partial charge on any atom is -0.465 e. The van der Waals surface area contributed by atoms with Crippen LogP contribution in [0.25, 0.3) is 0 Å². The molecule has 0 saturated heterocycles. The monoisotopic (exact) mass is 334 g/mol. The van der Waals surface area contributed by atoms with Gasteiger partial charge >= 0.3 is 5.97 Å². The fourth-order valence-electron chi connectivity index (χ4n) is 2.03. The van der Waals surface area contributed by atoms with E-state index >= 15 is 0 Å². The van der Waals surface area contributed by atoms with Crippen LogP contribution in [0.5, 0.6) is 0 Å². The summed E-state index contributed by atoms with van der Waals surface area (Å²) in [5.41, 5.74) is 1.24. The van der Waals surface area contributed by atoms with Crippen LogP contribution in [0.2, 0.25) is 0 Å². The molecule has 0 atom stereocenters. The molecule has 0 aliphatic carbocycles. The summed E-state index contributed by atoms with van der Waals surface area (Å²) in [7, 11) is 1.32. The van der Waals surface area contributed by atoms with Crippen LogP contribution in [0, 0.1) is 12.3 Å². The number of anilines is 1. The molecule has 132 valence electrons. The fraction of sp³-hybridized carbons (Fsp3) is 0.500. The van der Waals surface area contributed by atoms with Crippen molar-refractivity contribution in [3.05, 3.63) is 29.3 Å². The summed E-state index contributed by atoms with van der Waals surface area (Å²) in [5, 5.41) is 5.59. The van der Waals surface area contributed by atoms with Crippen LogP contribution in [0.4, 0.5) is 5.69 Å². The molecule has 0 saturated carbocycles. The van der Waals surface area contributed by atoms with Gasteiger partial charge in [-0.2, -0.15) is 0 Å². The Morgan fingerprint density at radius 3 is 2.42 bits per heavy atom. The number of benzene rings is 1. The Kier molecular flexibility index (Phi) is 6.95. The molecule has 0 bridgehead atoms. The molecular formula is C18H26N2O4. The van der Waals surface area contributed by atoms with Crippen LogP contribution < -0.4 is 10.6 Å². The lowest BCUT2D eigenvalue weighted by Crippen LogP contribution is -2.35. The lowest BCUT2D eigenvalue weighted by Gasteiger charge is -2.17. The van der Waals surface area contributed by atoms with Crippen LogP contribution >= 0.6 is 0 Å². The Bertz CT molecular complexity index is 618. The zero-order valence-corrected chi connectivity index (χ0v) is 15.0. The van der Waals surface area contributed by atoms with E-state index in [0.717, 1.165) is 0 Å². The third kappa shape index (κ3) is 5.68. The summed E-state index contributed by atoms with van der Waals surface area (Å²) >= 11 is 0. The zero-order valence-electron chi connectivity index (χ0n) is 15.0. The molecule has 0 radical (unpaired) electrons. The largest absolute Gasteiger partial charge is 0.465 e. The van der Waals surface area contributed by atoms with E-state index in [4.69, 9.17) is 4.74 Å². The molecule has 0 heterocycles. The van der Waals surface area contributed by atoms with Gasteiger partial charge in [-0.3, -0.25) is 9.59 Å². The maximum atomic E-state index is 12.0. The maximum Gasteiger partial charge on any atom is 0.338 e.